The number of rotatable bonds is 2. The standard InChI is InChI=1S/C13H18N2O/c14-11-7-4-8-12(9-11)15-13(16)10-5-2-1-3-6-10/h4,7-10H,1-3,5-6,14H2,(H,15,16). The van der Waals surface area contributed by atoms with E-state index < -0.39 is 0 Å². The Morgan fingerprint density at radius 3 is 2.69 bits per heavy atom. The molecular formula is C13H18N2O. The van der Waals surface area contributed by atoms with Crippen LogP contribution in [0.25, 0.3) is 0 Å². The maximum atomic E-state index is 11.9. The zero-order valence-corrected chi connectivity index (χ0v) is 9.41. The monoisotopic (exact) mass is 218 g/mol. The van der Waals surface area contributed by atoms with E-state index in [-0.39, 0.29) is 11.8 Å². The highest BCUT2D eigenvalue weighted by Gasteiger charge is 2.20. The Morgan fingerprint density at radius 1 is 1.25 bits per heavy atom. The molecule has 1 aromatic rings. The van der Waals surface area contributed by atoms with Gasteiger partial charge in [-0.15, -0.1) is 0 Å². The van der Waals surface area contributed by atoms with Crippen molar-refractivity contribution in [2.45, 2.75) is 32.1 Å². The average Bonchev–Trinajstić information content (AvgIpc) is 2.30. The fourth-order valence-electron chi connectivity index (χ4n) is 2.23. The summed E-state index contributed by atoms with van der Waals surface area (Å²) < 4.78 is 0. The maximum absolute atomic E-state index is 11.9. The Balaban J connectivity index is 1.96. The Morgan fingerprint density at radius 2 is 2.00 bits per heavy atom. The SMILES string of the molecule is Nc1cccc(NC(=O)C2CCCCC2)c1. The molecule has 0 aliphatic heterocycles. The number of hydrogen-bond donors (Lipinski definition) is 2. The first-order valence-corrected chi connectivity index (χ1v) is 5.92. The molecule has 1 aliphatic carbocycles. The molecule has 1 aliphatic rings. The van der Waals surface area contributed by atoms with E-state index in [0.29, 0.717) is 5.69 Å². The largest absolute Gasteiger partial charge is 0.399 e. The molecule has 1 amide bonds. The van der Waals surface area contributed by atoms with Gasteiger partial charge >= 0.3 is 0 Å². The lowest BCUT2D eigenvalue weighted by Gasteiger charge is -2.20. The number of hydrogen-bond acceptors (Lipinski definition) is 2. The van der Waals surface area contributed by atoms with E-state index in [2.05, 4.69) is 5.32 Å². The molecule has 0 aromatic heterocycles. The summed E-state index contributed by atoms with van der Waals surface area (Å²) in [6.07, 6.45) is 5.66. The molecule has 1 aromatic carbocycles. The minimum Gasteiger partial charge on any atom is -0.399 e. The van der Waals surface area contributed by atoms with Gasteiger partial charge in [-0.1, -0.05) is 25.3 Å². The molecule has 3 nitrogen and oxygen atoms in total. The van der Waals surface area contributed by atoms with Crippen LogP contribution in [0.3, 0.4) is 0 Å². The third kappa shape index (κ3) is 2.75. The normalized spacial score (nSPS) is 17.0. The number of amides is 1. The van der Waals surface area contributed by atoms with Gasteiger partial charge in [0.25, 0.3) is 0 Å². The van der Waals surface area contributed by atoms with Crippen molar-refractivity contribution < 1.29 is 4.79 Å². The van der Waals surface area contributed by atoms with Crippen molar-refractivity contribution >= 4 is 17.3 Å². The van der Waals surface area contributed by atoms with Gasteiger partial charge in [-0.25, -0.2) is 0 Å². The Kier molecular flexibility index (Phi) is 3.44. The molecule has 0 spiro atoms. The van der Waals surface area contributed by atoms with Crippen molar-refractivity contribution in [1.29, 1.82) is 0 Å². The summed E-state index contributed by atoms with van der Waals surface area (Å²) in [6, 6.07) is 7.33. The van der Waals surface area contributed by atoms with Crippen LogP contribution in [0.15, 0.2) is 24.3 Å². The molecule has 1 fully saturated rings. The smallest absolute Gasteiger partial charge is 0.227 e. The summed E-state index contributed by atoms with van der Waals surface area (Å²) in [5.41, 5.74) is 7.14. The summed E-state index contributed by atoms with van der Waals surface area (Å²) >= 11 is 0. The minimum atomic E-state index is 0.144. The fourth-order valence-corrected chi connectivity index (χ4v) is 2.23. The second-order valence-corrected chi connectivity index (χ2v) is 4.45. The lowest BCUT2D eigenvalue weighted by atomic mass is 9.88. The molecule has 0 bridgehead atoms. The summed E-state index contributed by atoms with van der Waals surface area (Å²) in [7, 11) is 0. The average molecular weight is 218 g/mol. The van der Waals surface area contributed by atoms with E-state index in [1.807, 2.05) is 18.2 Å². The quantitative estimate of drug-likeness (QED) is 0.750. The van der Waals surface area contributed by atoms with Crippen molar-refractivity contribution in [3.05, 3.63) is 24.3 Å². The van der Waals surface area contributed by atoms with Crippen molar-refractivity contribution in [2.75, 3.05) is 11.1 Å². The molecule has 1 saturated carbocycles. The molecule has 16 heavy (non-hydrogen) atoms. The second kappa shape index (κ2) is 5.01. The molecular weight excluding hydrogens is 200 g/mol. The summed E-state index contributed by atoms with van der Waals surface area (Å²) in [5, 5.41) is 2.93. The van der Waals surface area contributed by atoms with Crippen LogP contribution in [0.4, 0.5) is 11.4 Å². The number of carbonyl (C=O) groups is 1. The van der Waals surface area contributed by atoms with Crippen molar-refractivity contribution in [3.8, 4) is 0 Å². The van der Waals surface area contributed by atoms with Crippen molar-refractivity contribution in [3.63, 3.8) is 0 Å². The van der Waals surface area contributed by atoms with Crippen LogP contribution in [-0.4, -0.2) is 5.91 Å². The topological polar surface area (TPSA) is 55.1 Å². The van der Waals surface area contributed by atoms with Gasteiger partial charge in [-0.3, -0.25) is 4.79 Å². The number of carbonyl (C=O) groups excluding carboxylic acids is 1. The predicted octanol–water partition coefficient (Wildman–Crippen LogP) is 2.79. The zero-order chi connectivity index (χ0) is 11.4. The Hall–Kier alpha value is -1.51. The number of benzene rings is 1. The first-order valence-electron chi connectivity index (χ1n) is 5.92. The third-order valence-electron chi connectivity index (χ3n) is 3.13. The van der Waals surface area contributed by atoms with Gasteiger partial charge in [0.2, 0.25) is 5.91 Å². The summed E-state index contributed by atoms with van der Waals surface area (Å²) in [4.78, 5) is 11.9. The van der Waals surface area contributed by atoms with Crippen molar-refractivity contribution in [2.24, 2.45) is 5.92 Å². The van der Waals surface area contributed by atoms with Crippen molar-refractivity contribution in [1.82, 2.24) is 0 Å². The molecule has 0 atom stereocenters. The van der Waals surface area contributed by atoms with Gasteiger partial charge in [-0.05, 0) is 31.0 Å². The first-order chi connectivity index (χ1) is 7.75. The number of nitrogen functional groups attached to an aromatic ring is 1. The van der Waals surface area contributed by atoms with E-state index in [1.165, 1.54) is 19.3 Å². The molecule has 0 unspecified atom stereocenters. The number of nitrogens with one attached hydrogen (secondary N) is 1. The van der Waals surface area contributed by atoms with Crippen LogP contribution in [0, 0.1) is 5.92 Å². The fraction of sp³-hybridized carbons (Fsp3) is 0.462. The zero-order valence-electron chi connectivity index (χ0n) is 9.41. The van der Waals surface area contributed by atoms with Crippen LogP contribution >= 0.6 is 0 Å². The highest BCUT2D eigenvalue weighted by molar-refractivity contribution is 5.92. The number of anilines is 2. The van der Waals surface area contributed by atoms with E-state index in [1.54, 1.807) is 6.07 Å². The Labute approximate surface area is 96.0 Å². The van der Waals surface area contributed by atoms with Crippen LogP contribution < -0.4 is 11.1 Å². The van der Waals surface area contributed by atoms with E-state index in [4.69, 9.17) is 5.73 Å². The van der Waals surface area contributed by atoms with Gasteiger partial charge in [-0.2, -0.15) is 0 Å². The van der Waals surface area contributed by atoms with Gasteiger partial charge in [0.1, 0.15) is 0 Å². The molecule has 0 heterocycles. The van der Waals surface area contributed by atoms with Crippen LogP contribution in [0.5, 0.6) is 0 Å². The predicted molar refractivity (Wildman–Crippen MR) is 66.1 cm³/mol. The molecule has 0 saturated heterocycles. The maximum Gasteiger partial charge on any atom is 0.227 e. The highest BCUT2D eigenvalue weighted by atomic mass is 16.1. The van der Waals surface area contributed by atoms with Crippen LogP contribution in [0.2, 0.25) is 0 Å². The minimum absolute atomic E-state index is 0.144. The van der Waals surface area contributed by atoms with Gasteiger partial charge in [0.05, 0.1) is 0 Å². The molecule has 86 valence electrons. The highest BCUT2D eigenvalue weighted by Crippen LogP contribution is 2.25. The summed E-state index contributed by atoms with van der Waals surface area (Å²) in [6.45, 7) is 0. The molecule has 2 rings (SSSR count). The lowest BCUT2D eigenvalue weighted by Crippen LogP contribution is -2.24. The second-order valence-electron chi connectivity index (χ2n) is 4.45. The van der Waals surface area contributed by atoms with Gasteiger partial charge in [0.15, 0.2) is 0 Å². The van der Waals surface area contributed by atoms with E-state index in [0.717, 1.165) is 18.5 Å². The van der Waals surface area contributed by atoms with Gasteiger partial charge in [0, 0.05) is 17.3 Å². The van der Waals surface area contributed by atoms with Crippen LogP contribution in [-0.2, 0) is 4.79 Å². The molecule has 0 radical (unpaired) electrons. The van der Waals surface area contributed by atoms with E-state index >= 15 is 0 Å². The molecule has 3 N–H and O–H groups in total. The third-order valence-corrected chi connectivity index (χ3v) is 3.13. The number of nitrogens with two attached hydrogens (primary N) is 1. The first kappa shape index (κ1) is 11.0. The summed E-state index contributed by atoms with van der Waals surface area (Å²) in [5.74, 6) is 0.334. The Bertz CT molecular complexity index is 370. The van der Waals surface area contributed by atoms with Gasteiger partial charge < -0.3 is 11.1 Å². The molecule has 3 heteroatoms. The van der Waals surface area contributed by atoms with Crippen LogP contribution in [0.1, 0.15) is 32.1 Å². The van der Waals surface area contributed by atoms with E-state index in [9.17, 15) is 4.79 Å². The lowest BCUT2D eigenvalue weighted by molar-refractivity contribution is -0.120.